The molecule has 76 heavy (non-hydrogen) atoms. The van der Waals surface area contributed by atoms with E-state index in [9.17, 15) is 28.9 Å². The van der Waals surface area contributed by atoms with Crippen molar-refractivity contribution < 1.29 is 52.2 Å². The molecule has 0 aromatic carbocycles. The van der Waals surface area contributed by atoms with Gasteiger partial charge in [0.2, 0.25) is 0 Å². The van der Waals surface area contributed by atoms with E-state index in [1.54, 1.807) is 6.08 Å². The van der Waals surface area contributed by atoms with Gasteiger partial charge in [-0.15, -0.1) is 0 Å². The summed E-state index contributed by atoms with van der Waals surface area (Å²) < 4.78 is 39.4. The Hall–Kier alpha value is -3.86. The van der Waals surface area contributed by atoms with Crippen molar-refractivity contribution >= 4 is 25.7 Å². The first-order valence-corrected chi connectivity index (χ1v) is 31.3. The molecule has 0 rings (SSSR count). The summed E-state index contributed by atoms with van der Waals surface area (Å²) in [6.45, 7) is 4.27. The van der Waals surface area contributed by atoms with E-state index in [2.05, 4.69) is 106 Å². The highest BCUT2D eigenvalue weighted by molar-refractivity contribution is 7.47. The number of unbranched alkanes of at least 4 members (excludes halogenated alkanes) is 20. The lowest BCUT2D eigenvalue weighted by atomic mass is 10.0. The lowest BCUT2D eigenvalue weighted by molar-refractivity contribution is -0.161. The Kier molecular flexibility index (Phi) is 54.4. The van der Waals surface area contributed by atoms with Gasteiger partial charge >= 0.3 is 25.7 Å². The minimum Gasteiger partial charge on any atom is -0.462 e. The fourth-order valence-corrected chi connectivity index (χ4v) is 8.56. The molecule has 3 atom stereocenters. The molecule has 434 valence electrons. The number of rotatable bonds is 54. The molecule has 2 N–H and O–H groups in total. The molecule has 0 aromatic rings. The number of phosphoric acid groups is 1. The highest BCUT2D eigenvalue weighted by atomic mass is 31.2. The molecule has 0 fully saturated rings. The number of carbonyl (C=O) groups excluding carboxylic acids is 3. The van der Waals surface area contributed by atoms with Crippen LogP contribution in [0.3, 0.4) is 0 Å². The maximum absolute atomic E-state index is 12.9. The van der Waals surface area contributed by atoms with Gasteiger partial charge in [-0.2, -0.15) is 0 Å². The molecule has 0 spiro atoms. The number of phosphoric ester groups is 1. The number of esters is 3. The van der Waals surface area contributed by atoms with E-state index in [0.29, 0.717) is 19.3 Å². The highest BCUT2D eigenvalue weighted by Gasteiger charge is 2.28. The third-order valence-corrected chi connectivity index (χ3v) is 13.2. The number of aliphatic hydroxyl groups is 1. The topological polar surface area (TPSA) is 155 Å². The first kappa shape index (κ1) is 72.1. The molecular formula is C64H107O11P. The first-order valence-electron chi connectivity index (χ1n) is 29.8. The molecule has 0 aliphatic heterocycles. The van der Waals surface area contributed by atoms with Crippen molar-refractivity contribution in [2.24, 2.45) is 0 Å². The van der Waals surface area contributed by atoms with Crippen molar-refractivity contribution in [1.82, 2.24) is 0 Å². The van der Waals surface area contributed by atoms with Gasteiger partial charge in [-0.05, 0) is 83.5 Å². The number of ether oxygens (including phenoxy) is 3. The summed E-state index contributed by atoms with van der Waals surface area (Å²) in [5.74, 6) is -1.65. The van der Waals surface area contributed by atoms with Crippen molar-refractivity contribution in [2.45, 2.75) is 251 Å². The molecule has 0 aliphatic carbocycles. The van der Waals surface area contributed by atoms with E-state index in [1.165, 1.54) is 96.3 Å². The molecule has 0 saturated heterocycles. The standard InChI is InChI=1S/C64H107O11P/c1-4-7-10-13-16-19-22-25-28-29-30-31-34-37-40-43-46-49-52-55-64(68)75-61(57-71-62(66)53-50-47-44-41-38-35-32-26-23-20-17-14-11-8-5-2)59-73-76(69,70)72-58-60(56-65)74-63(67)54-51-48-45-42-39-36-33-27-24-21-18-15-12-9-6-3/h8-9,11-12,17-18,20-21,26-27,32-33,38-39,41-42,48,51,60-61,65H,4-7,10,13-16,19,22-25,28-31,34-37,40,43-47,49-50,52-59H2,1-3H3,(H,69,70)/b11-8-,12-9-,20-17-,21-18-,32-26-,33-27-,41-38-,42-39-,51-48-. The summed E-state index contributed by atoms with van der Waals surface area (Å²) in [6.07, 6.45) is 69.4. The zero-order chi connectivity index (χ0) is 55.5. The predicted octanol–water partition coefficient (Wildman–Crippen LogP) is 17.8. The molecule has 0 heterocycles. The fourth-order valence-electron chi connectivity index (χ4n) is 7.78. The molecule has 11 nitrogen and oxygen atoms in total. The molecule has 0 saturated carbocycles. The third-order valence-electron chi connectivity index (χ3n) is 12.2. The SMILES string of the molecule is CC/C=C\C/C=C\C/C=C\C/C=C\C/C=C\CC(=O)OC(CO)COP(=O)(O)OCC(COC(=O)CCCC/C=C\C/C=C\C/C=C\C/C=C\CC)OC(=O)CCCCCCCCCCCCCCCCCCCCC. The number of hydrogen-bond donors (Lipinski definition) is 2. The molecular weight excluding hydrogens is 976 g/mol. The quantitative estimate of drug-likeness (QED) is 0.0197. The second-order valence-corrected chi connectivity index (χ2v) is 20.9. The lowest BCUT2D eigenvalue weighted by Crippen LogP contribution is -2.30. The average Bonchev–Trinajstić information content (AvgIpc) is 3.41. The zero-order valence-electron chi connectivity index (χ0n) is 47.9. The van der Waals surface area contributed by atoms with Gasteiger partial charge in [0.1, 0.15) is 12.7 Å². The monoisotopic (exact) mass is 1080 g/mol. The van der Waals surface area contributed by atoms with Crippen molar-refractivity contribution in [3.8, 4) is 0 Å². The van der Waals surface area contributed by atoms with Crippen molar-refractivity contribution in [3.05, 3.63) is 109 Å². The van der Waals surface area contributed by atoms with Crippen LogP contribution in [-0.2, 0) is 42.2 Å². The van der Waals surface area contributed by atoms with Crippen LogP contribution in [0, 0.1) is 0 Å². The van der Waals surface area contributed by atoms with Gasteiger partial charge in [-0.3, -0.25) is 23.4 Å². The minimum atomic E-state index is -4.79. The Morgan fingerprint density at radius 2 is 0.737 bits per heavy atom. The Labute approximate surface area is 463 Å². The Morgan fingerprint density at radius 1 is 0.395 bits per heavy atom. The summed E-state index contributed by atoms with van der Waals surface area (Å²) in [5.41, 5.74) is 0. The van der Waals surface area contributed by atoms with Crippen LogP contribution < -0.4 is 0 Å². The number of aliphatic hydroxyl groups excluding tert-OH is 1. The number of hydrogen-bond acceptors (Lipinski definition) is 10. The lowest BCUT2D eigenvalue weighted by Gasteiger charge is -2.21. The Bertz CT molecular complexity index is 1690. The predicted molar refractivity (Wildman–Crippen MR) is 316 cm³/mol. The van der Waals surface area contributed by atoms with Gasteiger partial charge in [-0.25, -0.2) is 4.57 Å². The first-order chi connectivity index (χ1) is 37.2. The van der Waals surface area contributed by atoms with Gasteiger partial charge in [0.25, 0.3) is 0 Å². The van der Waals surface area contributed by atoms with Gasteiger partial charge in [0.15, 0.2) is 6.10 Å². The van der Waals surface area contributed by atoms with Crippen LogP contribution in [0.4, 0.5) is 0 Å². The Balaban J connectivity index is 4.83. The second-order valence-electron chi connectivity index (χ2n) is 19.4. The van der Waals surface area contributed by atoms with Gasteiger partial charge in [-0.1, -0.05) is 246 Å². The van der Waals surface area contributed by atoms with E-state index in [4.69, 9.17) is 23.3 Å². The van der Waals surface area contributed by atoms with E-state index >= 15 is 0 Å². The van der Waals surface area contributed by atoms with E-state index < -0.39 is 57.8 Å². The molecule has 0 radical (unpaired) electrons. The number of carbonyl (C=O) groups is 3. The van der Waals surface area contributed by atoms with Gasteiger partial charge in [0.05, 0.1) is 26.2 Å². The smallest absolute Gasteiger partial charge is 0.462 e. The third kappa shape index (κ3) is 54.9. The molecule has 0 bridgehead atoms. The zero-order valence-corrected chi connectivity index (χ0v) is 48.8. The van der Waals surface area contributed by atoms with Crippen molar-refractivity contribution in [3.63, 3.8) is 0 Å². The summed E-state index contributed by atoms with van der Waals surface area (Å²) in [4.78, 5) is 48.5. The fraction of sp³-hybridized carbons (Fsp3) is 0.672. The van der Waals surface area contributed by atoms with E-state index in [-0.39, 0.29) is 25.9 Å². The molecule has 0 amide bonds. The van der Waals surface area contributed by atoms with Crippen LogP contribution in [0.5, 0.6) is 0 Å². The van der Waals surface area contributed by atoms with Gasteiger partial charge in [0, 0.05) is 12.8 Å². The summed E-state index contributed by atoms with van der Waals surface area (Å²) >= 11 is 0. The van der Waals surface area contributed by atoms with Crippen LogP contribution in [-0.4, -0.2) is 66.5 Å². The molecule has 3 unspecified atom stereocenters. The van der Waals surface area contributed by atoms with Crippen LogP contribution in [0.1, 0.15) is 239 Å². The highest BCUT2D eigenvalue weighted by Crippen LogP contribution is 2.43. The van der Waals surface area contributed by atoms with Crippen LogP contribution >= 0.6 is 7.82 Å². The largest absolute Gasteiger partial charge is 0.472 e. The summed E-state index contributed by atoms with van der Waals surface area (Å²) in [5, 5.41) is 9.80. The van der Waals surface area contributed by atoms with Crippen molar-refractivity contribution in [1.29, 1.82) is 0 Å². The maximum Gasteiger partial charge on any atom is 0.472 e. The average molecular weight is 1080 g/mol. The van der Waals surface area contributed by atoms with Gasteiger partial charge < -0.3 is 24.2 Å². The Morgan fingerprint density at radius 3 is 1.16 bits per heavy atom. The van der Waals surface area contributed by atoms with E-state index in [0.717, 1.165) is 83.5 Å². The van der Waals surface area contributed by atoms with E-state index in [1.807, 2.05) is 18.2 Å². The minimum absolute atomic E-state index is 0.0616. The molecule has 0 aliphatic rings. The summed E-state index contributed by atoms with van der Waals surface area (Å²) in [6, 6.07) is 0. The van der Waals surface area contributed by atoms with Crippen LogP contribution in [0.25, 0.3) is 0 Å². The van der Waals surface area contributed by atoms with Crippen LogP contribution in [0.2, 0.25) is 0 Å². The molecule has 12 heteroatoms. The summed E-state index contributed by atoms with van der Waals surface area (Å²) in [7, 11) is -4.79. The van der Waals surface area contributed by atoms with Crippen molar-refractivity contribution in [2.75, 3.05) is 26.4 Å². The normalized spacial score (nSPS) is 14.1. The maximum atomic E-state index is 12.9. The second kappa shape index (κ2) is 57.3. The molecule has 0 aromatic heterocycles. The number of allylic oxidation sites excluding steroid dienone is 17. The van der Waals surface area contributed by atoms with Crippen LogP contribution in [0.15, 0.2) is 109 Å².